The maximum absolute atomic E-state index is 5.50. The fourth-order valence-corrected chi connectivity index (χ4v) is 1.99. The van der Waals surface area contributed by atoms with Crippen molar-refractivity contribution in [2.24, 2.45) is 0 Å². The number of fused-ring (bicyclic) bond motifs is 1. The SMILES string of the molecule is c1ccc(N2CCOC3OCOC32)cc1. The Bertz CT molecular complexity index is 330. The smallest absolute Gasteiger partial charge is 0.205 e. The highest BCUT2D eigenvalue weighted by atomic mass is 16.8. The molecule has 2 saturated heterocycles. The molecule has 2 unspecified atom stereocenters. The fraction of sp³-hybridized carbons (Fsp3) is 0.455. The molecule has 2 fully saturated rings. The van der Waals surface area contributed by atoms with Gasteiger partial charge in [-0.15, -0.1) is 0 Å². The average Bonchev–Trinajstić information content (AvgIpc) is 2.78. The van der Waals surface area contributed by atoms with E-state index in [9.17, 15) is 0 Å². The Hall–Kier alpha value is -1.10. The molecule has 2 atom stereocenters. The zero-order chi connectivity index (χ0) is 10.1. The molecule has 0 saturated carbocycles. The Morgan fingerprint density at radius 2 is 1.93 bits per heavy atom. The highest BCUT2D eigenvalue weighted by Gasteiger charge is 2.38. The number of benzene rings is 1. The van der Waals surface area contributed by atoms with Crippen molar-refractivity contribution < 1.29 is 14.2 Å². The van der Waals surface area contributed by atoms with Gasteiger partial charge in [-0.25, -0.2) is 0 Å². The number of anilines is 1. The molecular formula is C11H13NO3. The van der Waals surface area contributed by atoms with E-state index in [4.69, 9.17) is 14.2 Å². The minimum Gasteiger partial charge on any atom is -0.346 e. The lowest BCUT2D eigenvalue weighted by Gasteiger charge is -2.36. The van der Waals surface area contributed by atoms with Gasteiger partial charge in [0.05, 0.1) is 6.61 Å². The van der Waals surface area contributed by atoms with E-state index in [1.54, 1.807) is 0 Å². The van der Waals surface area contributed by atoms with Crippen LogP contribution in [-0.2, 0) is 14.2 Å². The molecule has 0 aliphatic carbocycles. The van der Waals surface area contributed by atoms with E-state index in [1.807, 2.05) is 18.2 Å². The van der Waals surface area contributed by atoms with Gasteiger partial charge in [0.15, 0.2) is 13.0 Å². The zero-order valence-corrected chi connectivity index (χ0v) is 8.33. The first-order valence-electron chi connectivity index (χ1n) is 5.12. The normalized spacial score (nSPS) is 30.3. The highest BCUT2D eigenvalue weighted by Crippen LogP contribution is 2.27. The fourth-order valence-electron chi connectivity index (χ4n) is 1.99. The third-order valence-corrected chi connectivity index (χ3v) is 2.71. The summed E-state index contributed by atoms with van der Waals surface area (Å²) in [5.41, 5.74) is 1.15. The molecule has 0 radical (unpaired) electrons. The summed E-state index contributed by atoms with van der Waals surface area (Å²) in [6.07, 6.45) is -0.333. The second-order valence-corrected chi connectivity index (χ2v) is 3.61. The molecule has 2 aliphatic heterocycles. The summed E-state index contributed by atoms with van der Waals surface area (Å²) < 4.78 is 16.3. The summed E-state index contributed by atoms with van der Waals surface area (Å²) in [5, 5.41) is 0. The molecule has 0 spiro atoms. The van der Waals surface area contributed by atoms with Crippen LogP contribution in [0.1, 0.15) is 0 Å². The van der Waals surface area contributed by atoms with Crippen molar-refractivity contribution in [3.05, 3.63) is 30.3 Å². The number of morpholine rings is 1. The Kier molecular flexibility index (Phi) is 2.32. The Morgan fingerprint density at radius 3 is 2.80 bits per heavy atom. The van der Waals surface area contributed by atoms with Gasteiger partial charge in [-0.1, -0.05) is 18.2 Å². The maximum atomic E-state index is 5.50. The molecule has 80 valence electrons. The van der Waals surface area contributed by atoms with Gasteiger partial charge in [-0.05, 0) is 12.1 Å². The van der Waals surface area contributed by atoms with Crippen molar-refractivity contribution in [1.82, 2.24) is 0 Å². The number of para-hydroxylation sites is 1. The molecule has 0 aromatic heterocycles. The molecule has 0 bridgehead atoms. The van der Waals surface area contributed by atoms with E-state index in [2.05, 4.69) is 17.0 Å². The molecule has 4 nitrogen and oxygen atoms in total. The van der Waals surface area contributed by atoms with Crippen molar-refractivity contribution in [1.29, 1.82) is 0 Å². The first-order valence-corrected chi connectivity index (χ1v) is 5.12. The van der Waals surface area contributed by atoms with E-state index in [0.717, 1.165) is 12.2 Å². The number of rotatable bonds is 1. The van der Waals surface area contributed by atoms with Crippen molar-refractivity contribution in [2.75, 3.05) is 24.8 Å². The highest BCUT2D eigenvalue weighted by molar-refractivity contribution is 5.47. The lowest BCUT2D eigenvalue weighted by molar-refractivity contribution is -0.130. The molecule has 2 heterocycles. The van der Waals surface area contributed by atoms with Crippen molar-refractivity contribution >= 4 is 5.69 Å². The van der Waals surface area contributed by atoms with Gasteiger partial charge in [0, 0.05) is 12.2 Å². The van der Waals surface area contributed by atoms with Crippen LogP contribution in [-0.4, -0.2) is 32.5 Å². The number of nitrogens with zero attached hydrogens (tertiary/aromatic N) is 1. The van der Waals surface area contributed by atoms with Crippen LogP contribution in [0.5, 0.6) is 0 Å². The molecule has 3 rings (SSSR count). The third-order valence-electron chi connectivity index (χ3n) is 2.71. The molecule has 1 aromatic rings. The number of hydrogen-bond donors (Lipinski definition) is 0. The summed E-state index contributed by atoms with van der Waals surface area (Å²) in [6, 6.07) is 10.2. The zero-order valence-electron chi connectivity index (χ0n) is 8.33. The van der Waals surface area contributed by atoms with Crippen LogP contribution in [0.3, 0.4) is 0 Å². The first kappa shape index (κ1) is 9.15. The Balaban J connectivity index is 1.85. The van der Waals surface area contributed by atoms with E-state index < -0.39 is 0 Å². The van der Waals surface area contributed by atoms with E-state index in [0.29, 0.717) is 13.4 Å². The summed E-state index contributed by atoms with van der Waals surface area (Å²) in [7, 11) is 0. The van der Waals surface area contributed by atoms with Crippen LogP contribution in [0.4, 0.5) is 5.69 Å². The van der Waals surface area contributed by atoms with Gasteiger partial charge < -0.3 is 19.1 Å². The second kappa shape index (κ2) is 3.81. The summed E-state index contributed by atoms with van der Waals surface area (Å²) in [4.78, 5) is 2.18. The van der Waals surface area contributed by atoms with Crippen LogP contribution in [0.25, 0.3) is 0 Å². The Morgan fingerprint density at radius 1 is 1.07 bits per heavy atom. The molecule has 4 heteroatoms. The molecule has 0 N–H and O–H groups in total. The molecule has 15 heavy (non-hydrogen) atoms. The molecule has 1 aromatic carbocycles. The quantitative estimate of drug-likeness (QED) is 0.692. The van der Waals surface area contributed by atoms with E-state index in [-0.39, 0.29) is 12.5 Å². The predicted molar refractivity (Wildman–Crippen MR) is 54.4 cm³/mol. The second-order valence-electron chi connectivity index (χ2n) is 3.61. The van der Waals surface area contributed by atoms with Gasteiger partial charge in [-0.2, -0.15) is 0 Å². The first-order chi connectivity index (χ1) is 7.45. The lowest BCUT2D eigenvalue weighted by atomic mass is 10.2. The monoisotopic (exact) mass is 207 g/mol. The third kappa shape index (κ3) is 1.61. The summed E-state index contributed by atoms with van der Waals surface area (Å²) >= 11 is 0. The minimum absolute atomic E-state index is 0.0962. The van der Waals surface area contributed by atoms with Gasteiger partial charge in [0.1, 0.15) is 0 Å². The average molecular weight is 207 g/mol. The van der Waals surface area contributed by atoms with Crippen molar-refractivity contribution in [2.45, 2.75) is 12.5 Å². The van der Waals surface area contributed by atoms with E-state index >= 15 is 0 Å². The van der Waals surface area contributed by atoms with Crippen molar-refractivity contribution in [3.63, 3.8) is 0 Å². The Labute approximate surface area is 88.3 Å². The largest absolute Gasteiger partial charge is 0.346 e. The topological polar surface area (TPSA) is 30.9 Å². The van der Waals surface area contributed by atoms with Gasteiger partial charge >= 0.3 is 0 Å². The van der Waals surface area contributed by atoms with Gasteiger partial charge in [0.2, 0.25) is 6.29 Å². The lowest BCUT2D eigenvalue weighted by Crippen LogP contribution is -2.49. The van der Waals surface area contributed by atoms with Crippen LogP contribution in [0, 0.1) is 0 Å². The number of ether oxygens (including phenoxy) is 3. The van der Waals surface area contributed by atoms with Crippen LogP contribution in [0.15, 0.2) is 30.3 Å². The number of hydrogen-bond acceptors (Lipinski definition) is 4. The summed E-state index contributed by atoms with van der Waals surface area (Å²) in [5.74, 6) is 0. The predicted octanol–water partition coefficient (Wildman–Crippen LogP) is 1.18. The molecule has 2 aliphatic rings. The standard InChI is InChI=1S/C11H13NO3/c1-2-4-9(5-3-1)12-6-7-13-11-10(12)14-8-15-11/h1-5,10-11H,6-8H2. The molecular weight excluding hydrogens is 194 g/mol. The maximum Gasteiger partial charge on any atom is 0.205 e. The van der Waals surface area contributed by atoms with E-state index in [1.165, 1.54) is 0 Å². The van der Waals surface area contributed by atoms with Crippen LogP contribution >= 0.6 is 0 Å². The van der Waals surface area contributed by atoms with Gasteiger partial charge in [-0.3, -0.25) is 0 Å². The van der Waals surface area contributed by atoms with Crippen LogP contribution < -0.4 is 4.90 Å². The minimum atomic E-state index is -0.237. The summed E-state index contributed by atoms with van der Waals surface area (Å²) in [6.45, 7) is 1.84. The molecule has 0 amide bonds. The van der Waals surface area contributed by atoms with Crippen LogP contribution in [0.2, 0.25) is 0 Å². The van der Waals surface area contributed by atoms with Gasteiger partial charge in [0.25, 0.3) is 0 Å². The van der Waals surface area contributed by atoms with Crippen molar-refractivity contribution in [3.8, 4) is 0 Å².